The Labute approximate surface area is 52.8 Å². The van der Waals surface area contributed by atoms with Crippen molar-refractivity contribution in [2.75, 3.05) is 0 Å². The molecular formula is C6H4N2O. The molecule has 0 aromatic rings. The van der Waals surface area contributed by atoms with Crippen molar-refractivity contribution >= 4 is 0 Å². The monoisotopic (exact) mass is 120 g/mol. The van der Waals surface area contributed by atoms with Crippen LogP contribution in [-0.4, -0.2) is 6.10 Å². The second-order valence-corrected chi connectivity index (χ2v) is 1.71. The van der Waals surface area contributed by atoms with Crippen LogP contribution in [-0.2, 0) is 4.74 Å². The van der Waals surface area contributed by atoms with Crippen molar-refractivity contribution in [3.05, 3.63) is 11.8 Å². The largest absolute Gasteiger partial charge is 0.482 e. The van der Waals surface area contributed by atoms with Crippen molar-refractivity contribution in [3.63, 3.8) is 0 Å². The topological polar surface area (TPSA) is 56.8 Å². The number of nitrogens with zero attached hydrogens (tertiary/aromatic N) is 2. The third-order valence-electron chi connectivity index (χ3n) is 1.07. The molecule has 0 amide bonds. The van der Waals surface area contributed by atoms with E-state index in [1.54, 1.807) is 0 Å². The van der Waals surface area contributed by atoms with Gasteiger partial charge in [0.25, 0.3) is 0 Å². The molecule has 1 rings (SSSR count). The molecule has 3 heteroatoms. The molecule has 0 bridgehead atoms. The fraction of sp³-hybridized carbons (Fsp3) is 0.333. The summed E-state index contributed by atoms with van der Waals surface area (Å²) in [5.41, 5.74) is 0.543. The zero-order valence-corrected chi connectivity index (χ0v) is 4.66. The van der Waals surface area contributed by atoms with E-state index in [0.717, 1.165) is 0 Å². The van der Waals surface area contributed by atoms with Crippen molar-refractivity contribution in [2.45, 2.75) is 12.5 Å². The summed E-state index contributed by atoms with van der Waals surface area (Å²) >= 11 is 0. The summed E-state index contributed by atoms with van der Waals surface area (Å²) in [4.78, 5) is 0. The van der Waals surface area contributed by atoms with Crippen molar-refractivity contribution in [1.29, 1.82) is 10.5 Å². The molecule has 0 spiro atoms. The van der Waals surface area contributed by atoms with Gasteiger partial charge in [0.1, 0.15) is 6.07 Å². The molecule has 0 saturated carbocycles. The van der Waals surface area contributed by atoms with Gasteiger partial charge in [-0.25, -0.2) is 0 Å². The van der Waals surface area contributed by atoms with Gasteiger partial charge in [-0.15, -0.1) is 0 Å². The Bertz CT molecular complexity index is 218. The van der Waals surface area contributed by atoms with Gasteiger partial charge >= 0.3 is 0 Å². The summed E-state index contributed by atoms with van der Waals surface area (Å²) < 4.78 is 4.76. The molecule has 44 valence electrons. The minimum Gasteiger partial charge on any atom is -0.482 e. The van der Waals surface area contributed by atoms with Crippen molar-refractivity contribution in [1.82, 2.24) is 0 Å². The summed E-state index contributed by atoms with van der Waals surface area (Å²) in [6.45, 7) is 0. The Morgan fingerprint density at radius 2 is 2.44 bits per heavy atom. The highest BCUT2D eigenvalue weighted by Gasteiger charge is 2.16. The van der Waals surface area contributed by atoms with E-state index in [1.165, 1.54) is 6.26 Å². The van der Waals surface area contributed by atoms with Gasteiger partial charge < -0.3 is 4.74 Å². The Morgan fingerprint density at radius 1 is 1.67 bits per heavy atom. The van der Waals surface area contributed by atoms with E-state index in [0.29, 0.717) is 12.0 Å². The van der Waals surface area contributed by atoms with Crippen LogP contribution in [0, 0.1) is 22.7 Å². The third kappa shape index (κ3) is 1.00. The lowest BCUT2D eigenvalue weighted by molar-refractivity contribution is 0.221. The lowest BCUT2D eigenvalue weighted by atomic mass is 10.2. The Hall–Kier alpha value is -1.48. The molecule has 0 aromatic carbocycles. The fourth-order valence-electron chi connectivity index (χ4n) is 0.608. The number of hydrogen-bond acceptors (Lipinski definition) is 3. The van der Waals surface area contributed by atoms with Crippen molar-refractivity contribution in [2.24, 2.45) is 0 Å². The molecule has 0 N–H and O–H groups in total. The van der Waals surface area contributed by atoms with Crippen LogP contribution in [0.5, 0.6) is 0 Å². The summed E-state index contributed by atoms with van der Waals surface area (Å²) in [7, 11) is 0. The molecule has 1 aliphatic heterocycles. The first-order valence-corrected chi connectivity index (χ1v) is 2.51. The van der Waals surface area contributed by atoms with Crippen LogP contribution < -0.4 is 0 Å². The van der Waals surface area contributed by atoms with Gasteiger partial charge in [0.15, 0.2) is 6.10 Å². The Balaban J connectivity index is 2.55. The molecular weight excluding hydrogens is 116 g/mol. The highest BCUT2D eigenvalue weighted by molar-refractivity contribution is 5.24. The molecule has 3 nitrogen and oxygen atoms in total. The average Bonchev–Trinajstić information content (AvgIpc) is 2.34. The van der Waals surface area contributed by atoms with Gasteiger partial charge in [-0.3, -0.25) is 0 Å². The summed E-state index contributed by atoms with van der Waals surface area (Å²) in [6, 6.07) is 3.82. The van der Waals surface area contributed by atoms with Crippen LogP contribution in [0.15, 0.2) is 11.8 Å². The highest BCUT2D eigenvalue weighted by Crippen LogP contribution is 2.15. The first-order valence-electron chi connectivity index (χ1n) is 2.51. The molecule has 1 aliphatic rings. The van der Waals surface area contributed by atoms with Gasteiger partial charge in [-0.2, -0.15) is 10.5 Å². The number of nitriles is 2. The summed E-state index contributed by atoms with van der Waals surface area (Å²) in [5.74, 6) is 0. The van der Waals surface area contributed by atoms with E-state index < -0.39 is 6.10 Å². The molecule has 1 unspecified atom stereocenters. The maximum Gasteiger partial charge on any atom is 0.188 e. The minimum atomic E-state index is -0.431. The second kappa shape index (κ2) is 2.19. The van der Waals surface area contributed by atoms with E-state index in [2.05, 4.69) is 0 Å². The predicted octanol–water partition coefficient (Wildman–Crippen LogP) is 0.706. The lowest BCUT2D eigenvalue weighted by Gasteiger charge is -1.93. The first-order chi connectivity index (χ1) is 4.36. The van der Waals surface area contributed by atoms with Crippen LogP contribution in [0.1, 0.15) is 6.42 Å². The van der Waals surface area contributed by atoms with Gasteiger partial charge in [-0.1, -0.05) is 0 Å². The van der Waals surface area contributed by atoms with E-state index in [-0.39, 0.29) is 0 Å². The number of rotatable bonds is 0. The van der Waals surface area contributed by atoms with Crippen LogP contribution in [0.25, 0.3) is 0 Å². The first kappa shape index (κ1) is 5.65. The minimum absolute atomic E-state index is 0.431. The molecule has 0 saturated heterocycles. The van der Waals surface area contributed by atoms with Crippen LogP contribution >= 0.6 is 0 Å². The molecule has 0 aliphatic carbocycles. The van der Waals surface area contributed by atoms with Gasteiger partial charge in [0, 0.05) is 6.42 Å². The molecule has 1 heterocycles. The Morgan fingerprint density at radius 3 is 2.78 bits per heavy atom. The van der Waals surface area contributed by atoms with Crippen LogP contribution in [0.3, 0.4) is 0 Å². The Kier molecular flexibility index (Phi) is 1.38. The van der Waals surface area contributed by atoms with E-state index in [9.17, 15) is 0 Å². The molecule has 0 aromatic heterocycles. The zero-order chi connectivity index (χ0) is 6.69. The predicted molar refractivity (Wildman–Crippen MR) is 28.8 cm³/mol. The second-order valence-electron chi connectivity index (χ2n) is 1.71. The smallest absolute Gasteiger partial charge is 0.188 e. The SMILES string of the molecule is N#CC1=COC(C#N)C1. The van der Waals surface area contributed by atoms with E-state index in [1.807, 2.05) is 12.1 Å². The maximum atomic E-state index is 8.27. The number of ether oxygens (including phenoxy) is 1. The standard InChI is InChI=1S/C6H4N2O/c7-2-5-1-6(3-8)9-4-5/h4,6H,1H2. The maximum absolute atomic E-state index is 8.27. The molecule has 9 heavy (non-hydrogen) atoms. The molecule has 0 radical (unpaired) electrons. The van der Waals surface area contributed by atoms with Gasteiger partial charge in [-0.05, 0) is 0 Å². The van der Waals surface area contributed by atoms with Gasteiger partial charge in [0.2, 0.25) is 0 Å². The van der Waals surface area contributed by atoms with E-state index >= 15 is 0 Å². The zero-order valence-electron chi connectivity index (χ0n) is 4.66. The van der Waals surface area contributed by atoms with E-state index in [4.69, 9.17) is 15.3 Å². The van der Waals surface area contributed by atoms with Gasteiger partial charge in [0.05, 0.1) is 17.9 Å². The highest BCUT2D eigenvalue weighted by atomic mass is 16.5. The van der Waals surface area contributed by atoms with Crippen LogP contribution in [0.2, 0.25) is 0 Å². The lowest BCUT2D eigenvalue weighted by Crippen LogP contribution is -1.98. The molecule has 1 atom stereocenters. The van der Waals surface area contributed by atoms with Crippen molar-refractivity contribution < 1.29 is 4.74 Å². The fourth-order valence-corrected chi connectivity index (χ4v) is 0.608. The van der Waals surface area contributed by atoms with Crippen LogP contribution in [0.4, 0.5) is 0 Å². The number of hydrogen-bond donors (Lipinski definition) is 0. The average molecular weight is 120 g/mol. The quantitative estimate of drug-likeness (QED) is 0.473. The normalized spacial score (nSPS) is 23.3. The summed E-state index contributed by atoms with van der Waals surface area (Å²) in [6.07, 6.45) is 1.35. The molecule has 0 fully saturated rings. The van der Waals surface area contributed by atoms with Crippen molar-refractivity contribution in [3.8, 4) is 12.1 Å². The third-order valence-corrected chi connectivity index (χ3v) is 1.07. The summed E-state index contributed by atoms with van der Waals surface area (Å²) in [5, 5.41) is 16.5.